The van der Waals surface area contributed by atoms with Gasteiger partial charge < -0.3 is 10.2 Å². The molecule has 1 aliphatic rings. The van der Waals surface area contributed by atoms with Crippen LogP contribution in [0.25, 0.3) is 0 Å². The van der Waals surface area contributed by atoms with Crippen molar-refractivity contribution in [1.82, 2.24) is 10.2 Å². The first kappa shape index (κ1) is 14.3. The van der Waals surface area contributed by atoms with E-state index >= 15 is 0 Å². The molecule has 1 aromatic carbocycles. The molecule has 0 aliphatic carbocycles. The summed E-state index contributed by atoms with van der Waals surface area (Å²) in [5.74, 6) is -0.843. The zero-order chi connectivity index (χ0) is 14.9. The second-order valence-corrected chi connectivity index (χ2v) is 5.34. The van der Waals surface area contributed by atoms with Crippen LogP contribution in [0.5, 0.6) is 0 Å². The van der Waals surface area contributed by atoms with Gasteiger partial charge in [0.2, 0.25) is 5.91 Å². The van der Waals surface area contributed by atoms with Gasteiger partial charge in [-0.25, -0.2) is 4.79 Å². The number of imide groups is 1. The Balaban J connectivity index is 2.07. The van der Waals surface area contributed by atoms with Gasteiger partial charge in [-0.15, -0.1) is 0 Å². The van der Waals surface area contributed by atoms with Gasteiger partial charge >= 0.3 is 6.03 Å². The molecule has 106 valence electrons. The van der Waals surface area contributed by atoms with Gasteiger partial charge in [0.25, 0.3) is 5.91 Å². The molecular weight excluding hydrogens is 282 g/mol. The number of nitrogens with zero attached hydrogens (tertiary/aromatic N) is 1. The van der Waals surface area contributed by atoms with Gasteiger partial charge in [-0.2, -0.15) is 0 Å². The quantitative estimate of drug-likeness (QED) is 0.832. The molecule has 6 nitrogen and oxygen atoms in total. The summed E-state index contributed by atoms with van der Waals surface area (Å²) < 4.78 is 0. The van der Waals surface area contributed by atoms with E-state index in [0.29, 0.717) is 10.7 Å². The fourth-order valence-corrected chi connectivity index (χ4v) is 2.04. The molecule has 1 heterocycles. The Labute approximate surface area is 121 Å². The number of hydrogen-bond acceptors (Lipinski definition) is 3. The SMILES string of the molecule is CC1(C)C(=O)NC(=O)N1CC(=O)Nc1ccccc1Cl. The molecule has 0 saturated carbocycles. The largest absolute Gasteiger partial charge is 0.325 e. The molecule has 0 unspecified atom stereocenters. The normalized spacial score (nSPS) is 17.1. The van der Waals surface area contributed by atoms with E-state index in [-0.39, 0.29) is 6.54 Å². The molecule has 2 N–H and O–H groups in total. The zero-order valence-electron chi connectivity index (χ0n) is 11.1. The summed E-state index contributed by atoms with van der Waals surface area (Å²) in [7, 11) is 0. The number of nitrogens with one attached hydrogen (secondary N) is 2. The van der Waals surface area contributed by atoms with Gasteiger partial charge in [0, 0.05) is 0 Å². The number of carbonyl (C=O) groups excluding carboxylic acids is 3. The van der Waals surface area contributed by atoms with E-state index in [0.717, 1.165) is 0 Å². The number of benzene rings is 1. The third-order valence-electron chi connectivity index (χ3n) is 3.15. The van der Waals surface area contributed by atoms with Crippen LogP contribution in [-0.4, -0.2) is 34.8 Å². The van der Waals surface area contributed by atoms with E-state index in [1.165, 1.54) is 4.90 Å². The standard InChI is InChI=1S/C13H14ClN3O3/c1-13(2)11(19)16-12(20)17(13)7-10(18)15-9-6-4-3-5-8(9)14/h3-6H,7H2,1-2H3,(H,15,18)(H,16,19,20). The van der Waals surface area contributed by atoms with E-state index in [1.807, 2.05) is 0 Å². The second kappa shape index (κ2) is 5.13. The number of anilines is 1. The number of carbonyl (C=O) groups is 3. The van der Waals surface area contributed by atoms with Crippen LogP contribution in [0, 0.1) is 0 Å². The number of rotatable bonds is 3. The predicted molar refractivity (Wildman–Crippen MR) is 74.4 cm³/mol. The molecule has 0 spiro atoms. The van der Waals surface area contributed by atoms with E-state index in [2.05, 4.69) is 10.6 Å². The number of halogens is 1. The van der Waals surface area contributed by atoms with Crippen molar-refractivity contribution in [1.29, 1.82) is 0 Å². The highest BCUT2D eigenvalue weighted by Crippen LogP contribution is 2.22. The highest BCUT2D eigenvalue weighted by atomic mass is 35.5. The summed E-state index contributed by atoms with van der Waals surface area (Å²) in [4.78, 5) is 36.4. The van der Waals surface area contributed by atoms with Crippen molar-refractivity contribution >= 4 is 35.1 Å². The van der Waals surface area contributed by atoms with Crippen molar-refractivity contribution in [3.63, 3.8) is 0 Å². The van der Waals surface area contributed by atoms with Crippen molar-refractivity contribution in [3.8, 4) is 0 Å². The summed E-state index contributed by atoms with van der Waals surface area (Å²) >= 11 is 5.93. The number of hydrogen-bond donors (Lipinski definition) is 2. The highest BCUT2D eigenvalue weighted by molar-refractivity contribution is 6.33. The molecule has 0 bridgehead atoms. The lowest BCUT2D eigenvalue weighted by Crippen LogP contribution is -2.47. The third-order valence-corrected chi connectivity index (χ3v) is 3.48. The molecule has 1 saturated heterocycles. The van der Waals surface area contributed by atoms with Crippen molar-refractivity contribution < 1.29 is 14.4 Å². The molecule has 1 fully saturated rings. The smallest absolute Gasteiger partial charge is 0.323 e. The molecule has 4 amide bonds. The minimum atomic E-state index is -1.05. The number of amides is 4. The summed E-state index contributed by atoms with van der Waals surface area (Å²) in [6.07, 6.45) is 0. The van der Waals surface area contributed by atoms with Crippen molar-refractivity contribution in [2.75, 3.05) is 11.9 Å². The molecule has 1 aliphatic heterocycles. The van der Waals surface area contributed by atoms with Crippen LogP contribution < -0.4 is 10.6 Å². The van der Waals surface area contributed by atoms with E-state index in [9.17, 15) is 14.4 Å². The Morgan fingerprint density at radius 3 is 2.55 bits per heavy atom. The molecule has 0 aromatic heterocycles. The Bertz CT molecular complexity index is 586. The first-order valence-corrected chi connectivity index (χ1v) is 6.37. The van der Waals surface area contributed by atoms with E-state index < -0.39 is 23.4 Å². The lowest BCUT2D eigenvalue weighted by atomic mass is 10.0. The van der Waals surface area contributed by atoms with Crippen molar-refractivity contribution in [2.45, 2.75) is 19.4 Å². The molecule has 2 rings (SSSR count). The highest BCUT2D eigenvalue weighted by Gasteiger charge is 2.46. The van der Waals surface area contributed by atoms with Crippen LogP contribution in [0.2, 0.25) is 5.02 Å². The van der Waals surface area contributed by atoms with Gasteiger partial charge in [-0.05, 0) is 26.0 Å². The van der Waals surface area contributed by atoms with Crippen LogP contribution in [0.1, 0.15) is 13.8 Å². The minimum Gasteiger partial charge on any atom is -0.323 e. The van der Waals surface area contributed by atoms with Crippen LogP contribution in [0.3, 0.4) is 0 Å². The number of urea groups is 1. The summed E-state index contributed by atoms with van der Waals surface area (Å²) in [6.45, 7) is 2.93. The molecule has 1 aromatic rings. The lowest BCUT2D eigenvalue weighted by molar-refractivity contribution is -0.126. The maximum Gasteiger partial charge on any atom is 0.325 e. The molecular formula is C13H14ClN3O3. The monoisotopic (exact) mass is 295 g/mol. The van der Waals surface area contributed by atoms with Gasteiger partial charge in [0.15, 0.2) is 0 Å². The first-order chi connectivity index (χ1) is 9.32. The third kappa shape index (κ3) is 2.60. The Morgan fingerprint density at radius 2 is 2.00 bits per heavy atom. The fraction of sp³-hybridized carbons (Fsp3) is 0.308. The van der Waals surface area contributed by atoms with Gasteiger partial charge in [0.1, 0.15) is 12.1 Å². The lowest BCUT2D eigenvalue weighted by Gasteiger charge is -2.27. The summed E-state index contributed by atoms with van der Waals surface area (Å²) in [6, 6.07) is 6.20. The van der Waals surface area contributed by atoms with Gasteiger partial charge in [0.05, 0.1) is 10.7 Å². The van der Waals surface area contributed by atoms with Crippen LogP contribution >= 0.6 is 11.6 Å². The Kier molecular flexibility index (Phi) is 3.67. The maximum atomic E-state index is 12.0. The fourth-order valence-electron chi connectivity index (χ4n) is 1.86. The first-order valence-electron chi connectivity index (χ1n) is 6.00. The van der Waals surface area contributed by atoms with Crippen LogP contribution in [0.4, 0.5) is 10.5 Å². The average molecular weight is 296 g/mol. The topological polar surface area (TPSA) is 78.5 Å². The molecule has 0 radical (unpaired) electrons. The molecule has 0 atom stereocenters. The average Bonchev–Trinajstić information content (AvgIpc) is 2.55. The molecule has 20 heavy (non-hydrogen) atoms. The molecule has 7 heteroatoms. The summed E-state index contributed by atoms with van der Waals surface area (Å²) in [5, 5.41) is 5.19. The van der Waals surface area contributed by atoms with Gasteiger partial charge in [-0.1, -0.05) is 23.7 Å². The van der Waals surface area contributed by atoms with E-state index in [1.54, 1.807) is 38.1 Å². The Morgan fingerprint density at radius 1 is 1.35 bits per heavy atom. The van der Waals surface area contributed by atoms with Crippen LogP contribution in [0.15, 0.2) is 24.3 Å². The van der Waals surface area contributed by atoms with Crippen LogP contribution in [-0.2, 0) is 9.59 Å². The summed E-state index contributed by atoms with van der Waals surface area (Å²) in [5.41, 5.74) is -0.586. The van der Waals surface area contributed by atoms with Gasteiger partial charge in [-0.3, -0.25) is 14.9 Å². The zero-order valence-corrected chi connectivity index (χ0v) is 11.8. The maximum absolute atomic E-state index is 12.0. The second-order valence-electron chi connectivity index (χ2n) is 4.93. The Hall–Kier alpha value is -2.08. The van der Waals surface area contributed by atoms with E-state index in [4.69, 9.17) is 11.6 Å². The van der Waals surface area contributed by atoms with Crippen molar-refractivity contribution in [2.24, 2.45) is 0 Å². The minimum absolute atomic E-state index is 0.226. The predicted octanol–water partition coefficient (Wildman–Crippen LogP) is 1.61. The number of para-hydroxylation sites is 1. The van der Waals surface area contributed by atoms with Crippen molar-refractivity contribution in [3.05, 3.63) is 29.3 Å².